The van der Waals surface area contributed by atoms with E-state index in [0.717, 1.165) is 38.8 Å². The van der Waals surface area contributed by atoms with Crippen LogP contribution in [0.5, 0.6) is 5.75 Å². The number of anilines is 3. The monoisotopic (exact) mass is 377 g/mol. The minimum Gasteiger partial charge on any atom is -0.495 e. The number of benzene rings is 1. The molecule has 0 amide bonds. The number of ether oxygens (including phenoxy) is 1. The van der Waals surface area contributed by atoms with Crippen molar-refractivity contribution < 1.29 is 9.66 Å². The summed E-state index contributed by atoms with van der Waals surface area (Å²) in [5.74, 6) is 0.971. The normalized spacial score (nSPS) is 14.6. The van der Waals surface area contributed by atoms with Gasteiger partial charge in [0, 0.05) is 18.1 Å². The number of halogens is 1. The summed E-state index contributed by atoms with van der Waals surface area (Å²) in [6, 6.07) is 5.01. The molecule has 2 heterocycles. The molecule has 0 spiro atoms. The number of hydrogen-bond acceptors (Lipinski definition) is 7. The third-order valence-corrected chi connectivity index (χ3v) is 4.54. The van der Waals surface area contributed by atoms with Crippen LogP contribution in [-0.4, -0.2) is 35.1 Å². The molecule has 1 saturated heterocycles. The zero-order valence-electron chi connectivity index (χ0n) is 14.4. The van der Waals surface area contributed by atoms with Gasteiger partial charge in [-0.15, -0.1) is 0 Å². The Bertz CT molecular complexity index is 794. The van der Waals surface area contributed by atoms with Gasteiger partial charge in [0.2, 0.25) is 11.6 Å². The molecule has 1 N–H and O–H groups in total. The van der Waals surface area contributed by atoms with Crippen molar-refractivity contribution in [2.24, 2.45) is 0 Å². The third-order valence-electron chi connectivity index (χ3n) is 4.31. The van der Waals surface area contributed by atoms with E-state index in [9.17, 15) is 10.1 Å². The van der Waals surface area contributed by atoms with Crippen LogP contribution < -0.4 is 15.0 Å². The lowest BCUT2D eigenvalue weighted by Crippen LogP contribution is -2.26. The van der Waals surface area contributed by atoms with Gasteiger partial charge in [-0.1, -0.05) is 24.4 Å². The van der Waals surface area contributed by atoms with Crippen molar-refractivity contribution in [1.82, 2.24) is 9.97 Å². The fraction of sp³-hybridized carbons (Fsp3) is 0.412. The molecule has 2 aromatic rings. The third kappa shape index (κ3) is 3.96. The van der Waals surface area contributed by atoms with Crippen molar-refractivity contribution in [1.29, 1.82) is 0 Å². The van der Waals surface area contributed by atoms with E-state index < -0.39 is 4.92 Å². The van der Waals surface area contributed by atoms with Crippen LogP contribution in [-0.2, 0) is 0 Å². The first-order chi connectivity index (χ1) is 12.6. The number of methoxy groups -OCH3 is 1. The molecule has 1 aromatic heterocycles. The van der Waals surface area contributed by atoms with Gasteiger partial charge in [0.15, 0.2) is 0 Å². The molecule has 8 nitrogen and oxygen atoms in total. The summed E-state index contributed by atoms with van der Waals surface area (Å²) in [7, 11) is 1.52. The number of hydrogen-bond donors (Lipinski definition) is 1. The van der Waals surface area contributed by atoms with Crippen molar-refractivity contribution >= 4 is 34.6 Å². The Balaban J connectivity index is 2.01. The molecule has 1 aliphatic heterocycles. The van der Waals surface area contributed by atoms with Crippen LogP contribution in [0.4, 0.5) is 23.0 Å². The van der Waals surface area contributed by atoms with Crippen LogP contribution in [0.3, 0.4) is 0 Å². The van der Waals surface area contributed by atoms with Crippen molar-refractivity contribution in [2.45, 2.75) is 25.7 Å². The minimum absolute atomic E-state index is 0.116. The lowest BCUT2D eigenvalue weighted by Gasteiger charge is -2.21. The maximum Gasteiger partial charge on any atom is 0.353 e. The van der Waals surface area contributed by atoms with Crippen molar-refractivity contribution in [3.8, 4) is 5.75 Å². The Morgan fingerprint density at radius 1 is 1.23 bits per heavy atom. The van der Waals surface area contributed by atoms with Gasteiger partial charge >= 0.3 is 5.69 Å². The molecule has 1 aromatic carbocycles. The number of nitrogens with one attached hydrogen (secondary N) is 1. The highest BCUT2D eigenvalue weighted by Gasteiger charge is 2.28. The fourth-order valence-corrected chi connectivity index (χ4v) is 3.22. The largest absolute Gasteiger partial charge is 0.495 e. The van der Waals surface area contributed by atoms with Crippen molar-refractivity contribution in [3.05, 3.63) is 39.7 Å². The molecule has 0 unspecified atom stereocenters. The SMILES string of the molecule is COc1ccc(Cl)cc1Nc1ncnc(N2CCCCCC2)c1[N+](=O)[O-]. The summed E-state index contributed by atoms with van der Waals surface area (Å²) in [4.78, 5) is 21.6. The smallest absolute Gasteiger partial charge is 0.353 e. The molecule has 0 atom stereocenters. The zero-order valence-corrected chi connectivity index (χ0v) is 15.2. The number of rotatable bonds is 5. The van der Waals surface area contributed by atoms with E-state index in [2.05, 4.69) is 15.3 Å². The van der Waals surface area contributed by atoms with Gasteiger partial charge in [0.05, 0.1) is 17.7 Å². The molecule has 3 rings (SSSR count). The van der Waals surface area contributed by atoms with Crippen molar-refractivity contribution in [3.63, 3.8) is 0 Å². The van der Waals surface area contributed by atoms with E-state index in [-0.39, 0.29) is 11.5 Å². The number of nitrogens with zero attached hydrogens (tertiary/aromatic N) is 4. The van der Waals surface area contributed by atoms with Gasteiger partial charge < -0.3 is 15.0 Å². The second-order valence-corrected chi connectivity index (χ2v) is 6.46. The highest BCUT2D eigenvalue weighted by Crippen LogP contribution is 2.37. The molecular formula is C17H20ClN5O3. The maximum absolute atomic E-state index is 11.8. The van der Waals surface area contributed by atoms with Crippen LogP contribution in [0, 0.1) is 10.1 Å². The predicted octanol–water partition coefficient (Wildman–Crippen LogP) is 4.17. The van der Waals surface area contributed by atoms with Gasteiger partial charge in [-0.05, 0) is 31.0 Å². The van der Waals surface area contributed by atoms with E-state index in [1.54, 1.807) is 18.2 Å². The first kappa shape index (κ1) is 18.2. The fourth-order valence-electron chi connectivity index (χ4n) is 3.05. The second-order valence-electron chi connectivity index (χ2n) is 6.02. The minimum atomic E-state index is -0.445. The summed E-state index contributed by atoms with van der Waals surface area (Å²) >= 11 is 6.04. The molecule has 9 heteroatoms. The van der Waals surface area contributed by atoms with E-state index in [0.29, 0.717) is 22.3 Å². The summed E-state index contributed by atoms with van der Waals surface area (Å²) in [6.45, 7) is 1.50. The highest BCUT2D eigenvalue weighted by atomic mass is 35.5. The lowest BCUT2D eigenvalue weighted by atomic mass is 10.2. The number of nitro groups is 1. The Kier molecular flexibility index (Phi) is 5.72. The molecule has 0 saturated carbocycles. The van der Waals surface area contributed by atoms with Crippen LogP contribution in [0.1, 0.15) is 25.7 Å². The molecular weight excluding hydrogens is 358 g/mol. The maximum atomic E-state index is 11.8. The Morgan fingerprint density at radius 2 is 1.96 bits per heavy atom. The van der Waals surface area contributed by atoms with Gasteiger partial charge in [-0.3, -0.25) is 10.1 Å². The summed E-state index contributed by atoms with van der Waals surface area (Å²) in [6.07, 6.45) is 5.57. The van der Waals surface area contributed by atoms with E-state index in [4.69, 9.17) is 16.3 Å². The Labute approximate surface area is 156 Å². The van der Waals surface area contributed by atoms with Gasteiger partial charge in [0.1, 0.15) is 12.1 Å². The van der Waals surface area contributed by atoms with E-state index >= 15 is 0 Å². The molecule has 1 aliphatic rings. The summed E-state index contributed by atoms with van der Waals surface area (Å²) in [5, 5.41) is 15.2. The molecule has 138 valence electrons. The molecule has 1 fully saturated rings. The predicted molar refractivity (Wildman–Crippen MR) is 101 cm³/mol. The van der Waals surface area contributed by atoms with Crippen molar-refractivity contribution in [2.75, 3.05) is 30.4 Å². The lowest BCUT2D eigenvalue weighted by molar-refractivity contribution is -0.383. The second kappa shape index (κ2) is 8.18. The zero-order chi connectivity index (χ0) is 18.5. The summed E-state index contributed by atoms with van der Waals surface area (Å²) in [5.41, 5.74) is 0.361. The van der Waals surface area contributed by atoms with E-state index in [1.165, 1.54) is 13.4 Å². The van der Waals surface area contributed by atoms with Gasteiger partial charge in [0.25, 0.3) is 0 Å². The highest BCUT2D eigenvalue weighted by molar-refractivity contribution is 6.31. The molecule has 0 aliphatic carbocycles. The Hall–Kier alpha value is -2.61. The van der Waals surface area contributed by atoms with Crippen LogP contribution >= 0.6 is 11.6 Å². The Morgan fingerprint density at radius 3 is 2.62 bits per heavy atom. The standard InChI is InChI=1S/C17H20ClN5O3/c1-26-14-7-6-12(18)10-13(14)21-16-15(23(24)25)17(20-11-19-16)22-8-4-2-3-5-9-22/h6-7,10-11H,2-5,8-9H2,1H3,(H,19,20,21). The van der Waals surface area contributed by atoms with Gasteiger partial charge in [-0.25, -0.2) is 9.97 Å². The average Bonchev–Trinajstić information content (AvgIpc) is 2.91. The first-order valence-electron chi connectivity index (χ1n) is 8.45. The topological polar surface area (TPSA) is 93.4 Å². The van der Waals surface area contributed by atoms with E-state index in [1.807, 2.05) is 4.90 Å². The van der Waals surface area contributed by atoms with Crippen LogP contribution in [0.15, 0.2) is 24.5 Å². The van der Waals surface area contributed by atoms with Gasteiger partial charge in [-0.2, -0.15) is 0 Å². The molecule has 0 radical (unpaired) electrons. The molecule has 0 bridgehead atoms. The van der Waals surface area contributed by atoms with Crippen LogP contribution in [0.2, 0.25) is 5.02 Å². The quantitative estimate of drug-likeness (QED) is 0.617. The molecule has 26 heavy (non-hydrogen) atoms. The van der Waals surface area contributed by atoms with Crippen LogP contribution in [0.25, 0.3) is 0 Å². The first-order valence-corrected chi connectivity index (χ1v) is 8.83. The number of aromatic nitrogens is 2. The average molecular weight is 378 g/mol. The summed E-state index contributed by atoms with van der Waals surface area (Å²) < 4.78 is 5.29.